The minimum Gasteiger partial charge on any atom is -0.325 e. The quantitative estimate of drug-likeness (QED) is 0.869. The number of anilines is 1. The van der Waals surface area contributed by atoms with Gasteiger partial charge >= 0.3 is 0 Å². The second kappa shape index (κ2) is 8.06. The molecule has 0 saturated heterocycles. The number of carbonyl (C=O) groups excluding carboxylic acids is 2. The van der Waals surface area contributed by atoms with Crippen LogP contribution in [0.4, 0.5) is 5.69 Å². The van der Waals surface area contributed by atoms with E-state index in [0.717, 1.165) is 23.2 Å². The van der Waals surface area contributed by atoms with Crippen LogP contribution in [-0.2, 0) is 4.79 Å². The number of hydrogen-bond donors (Lipinski definition) is 1. The molecular weight excluding hydrogens is 322 g/mol. The predicted molar refractivity (Wildman–Crippen MR) is 97.4 cm³/mol. The zero-order chi connectivity index (χ0) is 17.7. The van der Waals surface area contributed by atoms with Crippen LogP contribution in [0.3, 0.4) is 0 Å². The Hall–Kier alpha value is -2.21. The highest BCUT2D eigenvalue weighted by Crippen LogP contribution is 2.18. The third-order valence-corrected chi connectivity index (χ3v) is 4.81. The molecular formula is C18H23N3O2S. The summed E-state index contributed by atoms with van der Waals surface area (Å²) >= 11 is 1.37. The van der Waals surface area contributed by atoms with Crippen molar-refractivity contribution >= 4 is 28.8 Å². The maximum Gasteiger partial charge on any atom is 0.274 e. The molecule has 0 aliphatic carbocycles. The highest BCUT2D eigenvalue weighted by molar-refractivity contribution is 7.07. The van der Waals surface area contributed by atoms with E-state index in [1.165, 1.54) is 11.3 Å². The van der Waals surface area contributed by atoms with Crippen molar-refractivity contribution in [3.63, 3.8) is 0 Å². The van der Waals surface area contributed by atoms with Crippen LogP contribution in [0, 0.1) is 13.8 Å². The van der Waals surface area contributed by atoms with Crippen molar-refractivity contribution in [2.24, 2.45) is 0 Å². The van der Waals surface area contributed by atoms with Crippen LogP contribution in [0.5, 0.6) is 0 Å². The second-order valence-corrected chi connectivity index (χ2v) is 6.58. The van der Waals surface area contributed by atoms with Gasteiger partial charge in [-0.05, 0) is 44.4 Å². The Morgan fingerprint density at radius 3 is 2.71 bits per heavy atom. The van der Waals surface area contributed by atoms with Crippen molar-refractivity contribution in [3.05, 3.63) is 45.9 Å². The molecule has 1 aromatic carbocycles. The van der Waals surface area contributed by atoms with Gasteiger partial charge in [0.1, 0.15) is 12.2 Å². The lowest BCUT2D eigenvalue weighted by Crippen LogP contribution is -2.43. The summed E-state index contributed by atoms with van der Waals surface area (Å²) in [5.74, 6) is -0.408. The molecule has 1 N–H and O–H groups in total. The zero-order valence-electron chi connectivity index (χ0n) is 14.5. The van der Waals surface area contributed by atoms with Gasteiger partial charge in [-0.3, -0.25) is 9.59 Å². The summed E-state index contributed by atoms with van der Waals surface area (Å²) in [7, 11) is 0. The molecule has 2 rings (SSSR count). The van der Waals surface area contributed by atoms with Gasteiger partial charge in [-0.15, -0.1) is 11.3 Å². The maximum atomic E-state index is 12.6. The topological polar surface area (TPSA) is 62.3 Å². The SMILES string of the molecule is CC[C@H](C)N(CC(=O)Nc1cccc(C)c1C)C(=O)c1cscn1. The first kappa shape index (κ1) is 18.1. The maximum absolute atomic E-state index is 12.6. The Kier molecular flexibility index (Phi) is 6.09. The first-order valence-electron chi connectivity index (χ1n) is 7.99. The van der Waals surface area contributed by atoms with Crippen LogP contribution in [0.2, 0.25) is 0 Å². The average molecular weight is 345 g/mol. The van der Waals surface area contributed by atoms with E-state index < -0.39 is 0 Å². The van der Waals surface area contributed by atoms with E-state index in [2.05, 4.69) is 10.3 Å². The molecule has 1 atom stereocenters. The Balaban J connectivity index is 2.13. The summed E-state index contributed by atoms with van der Waals surface area (Å²) in [4.78, 5) is 30.7. The van der Waals surface area contributed by atoms with Gasteiger partial charge in [0.05, 0.1) is 5.51 Å². The Labute approximate surface area is 146 Å². The summed E-state index contributed by atoms with van der Waals surface area (Å²) in [5.41, 5.74) is 4.94. The lowest BCUT2D eigenvalue weighted by molar-refractivity contribution is -0.117. The van der Waals surface area contributed by atoms with E-state index >= 15 is 0 Å². The van der Waals surface area contributed by atoms with Crippen molar-refractivity contribution in [2.75, 3.05) is 11.9 Å². The van der Waals surface area contributed by atoms with Crippen LogP contribution in [0.25, 0.3) is 0 Å². The van der Waals surface area contributed by atoms with Crippen molar-refractivity contribution in [1.82, 2.24) is 9.88 Å². The van der Waals surface area contributed by atoms with Crippen molar-refractivity contribution in [3.8, 4) is 0 Å². The van der Waals surface area contributed by atoms with Crippen molar-refractivity contribution in [1.29, 1.82) is 0 Å². The van der Waals surface area contributed by atoms with Crippen LogP contribution < -0.4 is 5.32 Å². The van der Waals surface area contributed by atoms with Gasteiger partial charge < -0.3 is 10.2 Å². The standard InChI is InChI=1S/C18H23N3O2S/c1-5-13(3)21(18(23)16-10-24-11-19-16)9-17(22)20-15-8-6-7-12(2)14(15)4/h6-8,10-11,13H,5,9H2,1-4H3,(H,20,22)/t13-/m0/s1. The summed E-state index contributed by atoms with van der Waals surface area (Å²) in [6.07, 6.45) is 0.770. The molecule has 1 aromatic heterocycles. The lowest BCUT2D eigenvalue weighted by atomic mass is 10.1. The van der Waals surface area contributed by atoms with Gasteiger partial charge in [0, 0.05) is 17.1 Å². The molecule has 0 bridgehead atoms. The molecule has 128 valence electrons. The zero-order valence-corrected chi connectivity index (χ0v) is 15.3. The largest absolute Gasteiger partial charge is 0.325 e. The van der Waals surface area contributed by atoms with Gasteiger partial charge in [-0.2, -0.15) is 0 Å². The molecule has 24 heavy (non-hydrogen) atoms. The molecule has 1 heterocycles. The van der Waals surface area contributed by atoms with Gasteiger partial charge in [0.15, 0.2) is 0 Å². The molecule has 0 spiro atoms. The van der Waals surface area contributed by atoms with Gasteiger partial charge in [-0.25, -0.2) is 4.98 Å². The Bertz CT molecular complexity index is 713. The molecule has 0 radical (unpaired) electrons. The highest BCUT2D eigenvalue weighted by Gasteiger charge is 2.24. The first-order chi connectivity index (χ1) is 11.4. The van der Waals surface area contributed by atoms with E-state index in [1.54, 1.807) is 15.8 Å². The number of thiazole rings is 1. The summed E-state index contributed by atoms with van der Waals surface area (Å²) in [6, 6.07) is 5.74. The molecule has 0 aliphatic rings. The number of amides is 2. The number of benzene rings is 1. The predicted octanol–water partition coefficient (Wildman–Crippen LogP) is 3.64. The third kappa shape index (κ3) is 4.20. The van der Waals surface area contributed by atoms with Crippen molar-refractivity contribution < 1.29 is 9.59 Å². The number of nitrogens with zero attached hydrogens (tertiary/aromatic N) is 2. The van der Waals surface area contributed by atoms with Crippen LogP contribution >= 0.6 is 11.3 Å². The number of hydrogen-bond acceptors (Lipinski definition) is 4. The molecule has 5 nitrogen and oxygen atoms in total. The van der Waals surface area contributed by atoms with Crippen LogP contribution in [0.1, 0.15) is 41.9 Å². The number of aromatic nitrogens is 1. The fraction of sp³-hybridized carbons (Fsp3) is 0.389. The van der Waals surface area contributed by atoms with E-state index in [9.17, 15) is 9.59 Å². The molecule has 0 saturated carbocycles. The smallest absolute Gasteiger partial charge is 0.274 e. The van der Waals surface area contributed by atoms with Gasteiger partial charge in [0.2, 0.25) is 5.91 Å². The van der Waals surface area contributed by atoms with E-state index in [1.807, 2.05) is 45.9 Å². The Morgan fingerprint density at radius 2 is 2.08 bits per heavy atom. The summed E-state index contributed by atoms with van der Waals surface area (Å²) in [5, 5.41) is 4.62. The summed E-state index contributed by atoms with van der Waals surface area (Å²) < 4.78 is 0. The summed E-state index contributed by atoms with van der Waals surface area (Å²) in [6.45, 7) is 7.92. The molecule has 2 amide bonds. The molecule has 6 heteroatoms. The fourth-order valence-corrected chi connectivity index (χ4v) is 2.87. The van der Waals surface area contributed by atoms with E-state index in [0.29, 0.717) is 5.69 Å². The molecule has 2 aromatic rings. The number of carbonyl (C=O) groups is 2. The fourth-order valence-electron chi connectivity index (χ4n) is 2.34. The van der Waals surface area contributed by atoms with Crippen LogP contribution in [0.15, 0.2) is 29.1 Å². The first-order valence-corrected chi connectivity index (χ1v) is 8.93. The monoisotopic (exact) mass is 345 g/mol. The second-order valence-electron chi connectivity index (χ2n) is 5.86. The lowest BCUT2D eigenvalue weighted by Gasteiger charge is -2.27. The number of rotatable bonds is 6. The molecule has 0 unspecified atom stereocenters. The molecule has 0 aliphatic heterocycles. The number of aryl methyl sites for hydroxylation is 1. The average Bonchev–Trinajstić information content (AvgIpc) is 3.10. The minimum atomic E-state index is -0.207. The van der Waals surface area contributed by atoms with E-state index in [4.69, 9.17) is 0 Å². The van der Waals surface area contributed by atoms with Gasteiger partial charge in [-0.1, -0.05) is 19.1 Å². The molecule has 0 fully saturated rings. The van der Waals surface area contributed by atoms with Crippen molar-refractivity contribution in [2.45, 2.75) is 40.2 Å². The van der Waals surface area contributed by atoms with Gasteiger partial charge in [0.25, 0.3) is 5.91 Å². The normalized spacial score (nSPS) is 11.8. The Morgan fingerprint density at radius 1 is 1.33 bits per heavy atom. The third-order valence-electron chi connectivity index (χ3n) is 4.23. The minimum absolute atomic E-state index is 0.0126. The van der Waals surface area contributed by atoms with E-state index in [-0.39, 0.29) is 24.4 Å². The highest BCUT2D eigenvalue weighted by atomic mass is 32.1. The number of nitrogens with one attached hydrogen (secondary N) is 1. The van der Waals surface area contributed by atoms with Crippen LogP contribution in [-0.4, -0.2) is 34.3 Å².